The fraction of sp³-hybridized carbons (Fsp3) is 0.200. The molecule has 2 rings (SSSR count). The zero-order valence-corrected chi connectivity index (χ0v) is 15.9. The summed E-state index contributed by atoms with van der Waals surface area (Å²) in [6, 6.07) is 15.2. The minimum Gasteiger partial charge on any atom is -0.339 e. The molecule has 0 saturated carbocycles. The fourth-order valence-electron chi connectivity index (χ4n) is 2.37. The smallest absolute Gasteiger partial charge is 0.248 e. The molecule has 0 aromatic heterocycles. The third kappa shape index (κ3) is 5.87. The second-order valence-electron chi connectivity index (χ2n) is 5.58. The van der Waals surface area contributed by atoms with Crippen molar-refractivity contribution in [1.29, 1.82) is 0 Å². The normalized spacial score (nSPS) is 10.7. The van der Waals surface area contributed by atoms with Crippen molar-refractivity contribution < 1.29 is 9.59 Å². The van der Waals surface area contributed by atoms with E-state index in [-0.39, 0.29) is 11.8 Å². The lowest BCUT2D eigenvalue weighted by Crippen LogP contribution is -2.27. The fourth-order valence-corrected chi connectivity index (χ4v) is 2.79. The average molecular weight is 401 g/mol. The number of hydrogen-bond acceptors (Lipinski definition) is 2. The molecule has 25 heavy (non-hydrogen) atoms. The highest BCUT2D eigenvalue weighted by molar-refractivity contribution is 9.10. The summed E-state index contributed by atoms with van der Waals surface area (Å²) in [5, 5.41) is 2.85. The molecule has 1 N–H and O–H groups in total. The first kappa shape index (κ1) is 18.9. The lowest BCUT2D eigenvalue weighted by molar-refractivity contribution is -0.129. The van der Waals surface area contributed by atoms with Crippen molar-refractivity contribution in [2.75, 3.05) is 11.9 Å². The minimum absolute atomic E-state index is 0.0355. The Balaban J connectivity index is 2.02. The van der Waals surface area contributed by atoms with Crippen LogP contribution in [-0.4, -0.2) is 23.3 Å². The highest BCUT2D eigenvalue weighted by atomic mass is 79.9. The van der Waals surface area contributed by atoms with Crippen LogP contribution in [0.15, 0.2) is 59.1 Å². The number of rotatable bonds is 6. The predicted molar refractivity (Wildman–Crippen MR) is 105 cm³/mol. The Kier molecular flexibility index (Phi) is 6.95. The molecule has 2 aromatic rings. The van der Waals surface area contributed by atoms with E-state index in [4.69, 9.17) is 0 Å². The lowest BCUT2D eigenvalue weighted by Gasteiger charge is -2.19. The number of amides is 2. The van der Waals surface area contributed by atoms with Crippen molar-refractivity contribution in [2.24, 2.45) is 0 Å². The standard InChI is InChI=1S/C20H21BrN2O2/c1-3-23(15(2)24)14-16-7-6-9-18(13-16)22-20(25)12-11-17-8-4-5-10-19(17)21/h4-13H,3,14H2,1-2H3,(H,22,25)/b12-11+. The molecule has 0 radical (unpaired) electrons. The molecule has 4 nitrogen and oxygen atoms in total. The van der Waals surface area contributed by atoms with E-state index in [1.54, 1.807) is 17.9 Å². The Bertz CT molecular complexity index is 787. The first-order valence-electron chi connectivity index (χ1n) is 8.07. The quantitative estimate of drug-likeness (QED) is 0.727. The molecule has 0 aliphatic carbocycles. The molecule has 0 unspecified atom stereocenters. The van der Waals surface area contributed by atoms with E-state index >= 15 is 0 Å². The third-order valence-corrected chi connectivity index (χ3v) is 4.44. The van der Waals surface area contributed by atoms with E-state index in [1.807, 2.05) is 55.5 Å². The Morgan fingerprint density at radius 3 is 2.60 bits per heavy atom. The van der Waals surface area contributed by atoms with E-state index in [2.05, 4.69) is 21.2 Å². The number of carbonyl (C=O) groups is 2. The van der Waals surface area contributed by atoms with Gasteiger partial charge in [0.05, 0.1) is 0 Å². The summed E-state index contributed by atoms with van der Waals surface area (Å²) >= 11 is 3.45. The van der Waals surface area contributed by atoms with Crippen LogP contribution in [0.4, 0.5) is 5.69 Å². The average Bonchev–Trinajstić information content (AvgIpc) is 2.59. The minimum atomic E-state index is -0.202. The van der Waals surface area contributed by atoms with Gasteiger partial charge in [0.1, 0.15) is 0 Å². The van der Waals surface area contributed by atoms with Crippen molar-refractivity contribution >= 4 is 39.5 Å². The van der Waals surface area contributed by atoms with Gasteiger partial charge in [0, 0.05) is 36.2 Å². The van der Waals surface area contributed by atoms with E-state index in [0.717, 1.165) is 15.6 Å². The number of nitrogens with one attached hydrogen (secondary N) is 1. The Morgan fingerprint density at radius 1 is 1.16 bits per heavy atom. The number of hydrogen-bond donors (Lipinski definition) is 1. The van der Waals surface area contributed by atoms with Crippen molar-refractivity contribution in [3.63, 3.8) is 0 Å². The summed E-state index contributed by atoms with van der Waals surface area (Å²) in [6.07, 6.45) is 3.26. The van der Waals surface area contributed by atoms with Crippen LogP contribution in [0.2, 0.25) is 0 Å². The maximum absolute atomic E-state index is 12.1. The SMILES string of the molecule is CCN(Cc1cccc(NC(=O)/C=C/c2ccccc2Br)c1)C(C)=O. The van der Waals surface area contributed by atoms with Gasteiger partial charge in [-0.3, -0.25) is 9.59 Å². The molecule has 0 atom stereocenters. The second-order valence-corrected chi connectivity index (χ2v) is 6.43. The van der Waals surface area contributed by atoms with Gasteiger partial charge in [-0.1, -0.05) is 46.3 Å². The molecule has 2 aromatic carbocycles. The summed E-state index contributed by atoms with van der Waals surface area (Å²) < 4.78 is 0.935. The van der Waals surface area contributed by atoms with E-state index in [9.17, 15) is 9.59 Å². The van der Waals surface area contributed by atoms with Crippen LogP contribution in [0.3, 0.4) is 0 Å². The number of benzene rings is 2. The molecule has 0 spiro atoms. The molecule has 0 fully saturated rings. The summed E-state index contributed by atoms with van der Waals surface area (Å²) in [6.45, 7) is 4.68. The summed E-state index contributed by atoms with van der Waals surface area (Å²) in [5.41, 5.74) is 2.62. The van der Waals surface area contributed by atoms with Gasteiger partial charge >= 0.3 is 0 Å². The van der Waals surface area contributed by atoms with Crippen LogP contribution in [0.25, 0.3) is 6.08 Å². The predicted octanol–water partition coefficient (Wildman–Crippen LogP) is 4.47. The maximum Gasteiger partial charge on any atom is 0.248 e. The topological polar surface area (TPSA) is 49.4 Å². The van der Waals surface area contributed by atoms with Crippen LogP contribution in [0, 0.1) is 0 Å². The van der Waals surface area contributed by atoms with Gasteiger partial charge in [0.25, 0.3) is 0 Å². The molecular weight excluding hydrogens is 380 g/mol. The molecular formula is C20H21BrN2O2. The second kappa shape index (κ2) is 9.18. The zero-order valence-electron chi connectivity index (χ0n) is 14.3. The largest absolute Gasteiger partial charge is 0.339 e. The van der Waals surface area contributed by atoms with Crippen molar-refractivity contribution in [1.82, 2.24) is 4.90 Å². The van der Waals surface area contributed by atoms with Gasteiger partial charge in [-0.15, -0.1) is 0 Å². The van der Waals surface area contributed by atoms with Gasteiger partial charge in [0.2, 0.25) is 11.8 Å². The molecule has 2 amide bonds. The first-order valence-corrected chi connectivity index (χ1v) is 8.87. The van der Waals surface area contributed by atoms with Crippen molar-refractivity contribution in [3.8, 4) is 0 Å². The summed E-state index contributed by atoms with van der Waals surface area (Å²) in [7, 11) is 0. The number of carbonyl (C=O) groups excluding carboxylic acids is 2. The number of halogens is 1. The Morgan fingerprint density at radius 2 is 1.92 bits per heavy atom. The lowest BCUT2D eigenvalue weighted by atomic mass is 10.1. The van der Waals surface area contributed by atoms with Gasteiger partial charge in [-0.05, 0) is 42.3 Å². The molecule has 0 saturated heterocycles. The van der Waals surface area contributed by atoms with Crippen molar-refractivity contribution in [3.05, 3.63) is 70.2 Å². The Labute approximate surface area is 156 Å². The van der Waals surface area contributed by atoms with E-state index < -0.39 is 0 Å². The summed E-state index contributed by atoms with van der Waals surface area (Å²) in [4.78, 5) is 25.4. The van der Waals surface area contributed by atoms with Crippen LogP contribution in [0.5, 0.6) is 0 Å². The van der Waals surface area contributed by atoms with Crippen LogP contribution in [-0.2, 0) is 16.1 Å². The number of nitrogens with zero attached hydrogens (tertiary/aromatic N) is 1. The van der Waals surface area contributed by atoms with Gasteiger partial charge in [0.15, 0.2) is 0 Å². The monoisotopic (exact) mass is 400 g/mol. The van der Waals surface area contributed by atoms with Crippen LogP contribution in [0.1, 0.15) is 25.0 Å². The van der Waals surface area contributed by atoms with Crippen molar-refractivity contribution in [2.45, 2.75) is 20.4 Å². The number of anilines is 1. The molecule has 0 bridgehead atoms. The maximum atomic E-state index is 12.1. The van der Waals surface area contributed by atoms with Crippen LogP contribution >= 0.6 is 15.9 Å². The molecule has 0 aliphatic rings. The highest BCUT2D eigenvalue weighted by Gasteiger charge is 2.07. The zero-order chi connectivity index (χ0) is 18.2. The van der Waals surface area contributed by atoms with Gasteiger partial charge in [-0.25, -0.2) is 0 Å². The Hall–Kier alpha value is -2.40. The molecule has 5 heteroatoms. The third-order valence-electron chi connectivity index (χ3n) is 3.71. The van der Waals surface area contributed by atoms with E-state index in [1.165, 1.54) is 6.08 Å². The van der Waals surface area contributed by atoms with E-state index in [0.29, 0.717) is 18.8 Å². The first-order chi connectivity index (χ1) is 12.0. The molecule has 0 heterocycles. The summed E-state index contributed by atoms with van der Waals surface area (Å²) in [5.74, 6) is -0.167. The molecule has 0 aliphatic heterocycles. The highest BCUT2D eigenvalue weighted by Crippen LogP contribution is 2.17. The van der Waals surface area contributed by atoms with Gasteiger partial charge in [-0.2, -0.15) is 0 Å². The van der Waals surface area contributed by atoms with Gasteiger partial charge < -0.3 is 10.2 Å². The van der Waals surface area contributed by atoms with Crippen LogP contribution < -0.4 is 5.32 Å². The molecule has 130 valence electrons.